The number of amides is 1. The Hall–Kier alpha value is -2.41. The molecular weight excluding hydrogens is 332 g/mol. The second kappa shape index (κ2) is 6.72. The van der Waals surface area contributed by atoms with E-state index in [-0.39, 0.29) is 35.7 Å². The molecule has 2 fully saturated rings. The van der Waals surface area contributed by atoms with Crippen molar-refractivity contribution in [2.75, 3.05) is 6.61 Å². The third-order valence-corrected chi connectivity index (χ3v) is 5.98. The fourth-order valence-electron chi connectivity index (χ4n) is 4.86. The SMILES string of the molecule is O=C(CCc1n[nH]c(=O)[nH]1)N1[C@@H]2CC[C@H]1[C@](CO)(Cc1ccccc1)C2. The number of rotatable bonds is 6. The van der Waals surface area contributed by atoms with Gasteiger partial charge in [0.2, 0.25) is 5.91 Å². The van der Waals surface area contributed by atoms with Crippen LogP contribution in [0.4, 0.5) is 0 Å². The zero-order chi connectivity index (χ0) is 18.1. The van der Waals surface area contributed by atoms with Crippen molar-refractivity contribution < 1.29 is 9.90 Å². The summed E-state index contributed by atoms with van der Waals surface area (Å²) in [5.41, 5.74) is 0.604. The molecule has 3 heterocycles. The van der Waals surface area contributed by atoms with Crippen LogP contribution >= 0.6 is 0 Å². The van der Waals surface area contributed by atoms with E-state index in [1.54, 1.807) is 0 Å². The van der Waals surface area contributed by atoms with E-state index in [9.17, 15) is 14.7 Å². The van der Waals surface area contributed by atoms with Crippen molar-refractivity contribution in [2.24, 2.45) is 5.41 Å². The first-order valence-corrected chi connectivity index (χ1v) is 9.21. The number of aliphatic hydroxyl groups excluding tert-OH is 1. The van der Waals surface area contributed by atoms with Crippen LogP contribution in [0, 0.1) is 5.41 Å². The maximum atomic E-state index is 12.9. The highest BCUT2D eigenvalue weighted by atomic mass is 16.3. The van der Waals surface area contributed by atoms with Crippen molar-refractivity contribution in [3.05, 3.63) is 52.2 Å². The number of H-pyrrole nitrogens is 2. The molecule has 138 valence electrons. The predicted octanol–water partition coefficient (Wildman–Crippen LogP) is 1.02. The van der Waals surface area contributed by atoms with E-state index >= 15 is 0 Å². The van der Waals surface area contributed by atoms with Crippen LogP contribution in [0.3, 0.4) is 0 Å². The molecule has 2 bridgehead atoms. The molecule has 0 saturated carbocycles. The second-order valence-electron chi connectivity index (χ2n) is 7.56. The van der Waals surface area contributed by atoms with Gasteiger partial charge in [0.15, 0.2) is 0 Å². The summed E-state index contributed by atoms with van der Waals surface area (Å²) >= 11 is 0. The number of hydrogen-bond acceptors (Lipinski definition) is 4. The molecule has 2 aliphatic heterocycles. The summed E-state index contributed by atoms with van der Waals surface area (Å²) in [5, 5.41) is 16.4. The molecule has 7 heteroatoms. The van der Waals surface area contributed by atoms with Gasteiger partial charge in [-0.05, 0) is 31.2 Å². The zero-order valence-corrected chi connectivity index (χ0v) is 14.6. The molecule has 2 aliphatic rings. The van der Waals surface area contributed by atoms with Gasteiger partial charge in [0, 0.05) is 30.3 Å². The van der Waals surface area contributed by atoms with Crippen LogP contribution in [-0.4, -0.2) is 49.8 Å². The van der Waals surface area contributed by atoms with Crippen molar-refractivity contribution in [3.8, 4) is 0 Å². The van der Waals surface area contributed by atoms with E-state index < -0.39 is 0 Å². The third kappa shape index (κ3) is 2.96. The molecule has 2 saturated heterocycles. The van der Waals surface area contributed by atoms with Crippen LogP contribution < -0.4 is 5.69 Å². The van der Waals surface area contributed by atoms with Crippen LogP contribution in [0.2, 0.25) is 0 Å². The third-order valence-electron chi connectivity index (χ3n) is 5.98. The molecule has 26 heavy (non-hydrogen) atoms. The number of nitrogens with one attached hydrogen (secondary N) is 2. The minimum atomic E-state index is -0.351. The Morgan fingerprint density at radius 2 is 2.12 bits per heavy atom. The summed E-state index contributed by atoms with van der Waals surface area (Å²) in [6.07, 6.45) is 4.34. The molecule has 1 aromatic heterocycles. The maximum absolute atomic E-state index is 12.9. The first kappa shape index (κ1) is 17.0. The highest BCUT2D eigenvalue weighted by Crippen LogP contribution is 2.51. The average molecular weight is 356 g/mol. The van der Waals surface area contributed by atoms with Gasteiger partial charge in [0.25, 0.3) is 0 Å². The lowest BCUT2D eigenvalue weighted by atomic mass is 9.70. The molecule has 3 atom stereocenters. The number of hydrogen-bond donors (Lipinski definition) is 3. The van der Waals surface area contributed by atoms with Crippen LogP contribution in [0.5, 0.6) is 0 Å². The maximum Gasteiger partial charge on any atom is 0.340 e. The van der Waals surface area contributed by atoms with Crippen molar-refractivity contribution in [3.63, 3.8) is 0 Å². The van der Waals surface area contributed by atoms with Gasteiger partial charge >= 0.3 is 5.69 Å². The zero-order valence-electron chi connectivity index (χ0n) is 14.6. The fourth-order valence-corrected chi connectivity index (χ4v) is 4.86. The standard InChI is InChI=1S/C19H24N4O3/c24-12-19(10-13-4-2-1-3-5-13)11-14-6-7-15(19)23(14)17(25)9-8-16-20-18(26)22-21-16/h1-5,14-15,24H,6-12H2,(H2,20,21,22,26)/t14-,15+,19-/m1/s1. The lowest BCUT2D eigenvalue weighted by Gasteiger charge is -2.36. The van der Waals surface area contributed by atoms with Gasteiger partial charge in [0.1, 0.15) is 5.82 Å². The Labute approximate surface area is 151 Å². The van der Waals surface area contributed by atoms with Gasteiger partial charge in [-0.15, -0.1) is 0 Å². The Kier molecular flexibility index (Phi) is 4.40. The quantitative estimate of drug-likeness (QED) is 0.719. The number of nitrogens with zero attached hydrogens (tertiary/aromatic N) is 2. The molecule has 1 aromatic carbocycles. The first-order chi connectivity index (χ1) is 12.6. The Morgan fingerprint density at radius 3 is 2.81 bits per heavy atom. The van der Waals surface area contributed by atoms with Crippen LogP contribution in [0.1, 0.15) is 37.1 Å². The van der Waals surface area contributed by atoms with Gasteiger partial charge in [-0.2, -0.15) is 5.10 Å². The summed E-state index contributed by atoms with van der Waals surface area (Å²) in [6.45, 7) is 0.0968. The normalized spacial score (nSPS) is 27.2. The predicted molar refractivity (Wildman–Crippen MR) is 95.5 cm³/mol. The van der Waals surface area contributed by atoms with E-state index in [2.05, 4.69) is 27.3 Å². The Bertz CT molecular complexity index is 831. The largest absolute Gasteiger partial charge is 0.396 e. The van der Waals surface area contributed by atoms with Crippen LogP contribution in [-0.2, 0) is 17.6 Å². The van der Waals surface area contributed by atoms with Crippen LogP contribution in [0.25, 0.3) is 0 Å². The number of aliphatic hydroxyl groups is 1. The van der Waals surface area contributed by atoms with E-state index in [1.165, 1.54) is 5.56 Å². The van der Waals surface area contributed by atoms with Crippen molar-refractivity contribution in [2.45, 2.75) is 50.6 Å². The average Bonchev–Trinajstić information content (AvgIpc) is 3.34. The van der Waals surface area contributed by atoms with Gasteiger partial charge in [-0.1, -0.05) is 30.3 Å². The van der Waals surface area contributed by atoms with Gasteiger partial charge in [-0.25, -0.2) is 9.89 Å². The van der Waals surface area contributed by atoms with E-state index in [0.717, 1.165) is 25.7 Å². The summed E-state index contributed by atoms with van der Waals surface area (Å²) in [4.78, 5) is 28.6. The summed E-state index contributed by atoms with van der Waals surface area (Å²) in [5.74, 6) is 0.595. The molecule has 7 nitrogen and oxygen atoms in total. The number of aromatic nitrogens is 3. The summed E-state index contributed by atoms with van der Waals surface area (Å²) in [7, 11) is 0. The second-order valence-corrected chi connectivity index (χ2v) is 7.56. The molecule has 0 radical (unpaired) electrons. The number of aryl methyl sites for hydroxylation is 1. The van der Waals surface area contributed by atoms with Crippen molar-refractivity contribution >= 4 is 5.91 Å². The Morgan fingerprint density at radius 1 is 1.31 bits per heavy atom. The molecular formula is C19H24N4O3. The molecule has 1 amide bonds. The van der Waals surface area contributed by atoms with Crippen molar-refractivity contribution in [1.29, 1.82) is 0 Å². The van der Waals surface area contributed by atoms with Crippen LogP contribution in [0.15, 0.2) is 35.1 Å². The fraction of sp³-hybridized carbons (Fsp3) is 0.526. The first-order valence-electron chi connectivity index (χ1n) is 9.21. The Balaban J connectivity index is 1.48. The highest BCUT2D eigenvalue weighted by molar-refractivity contribution is 5.78. The minimum Gasteiger partial charge on any atom is -0.396 e. The number of benzene rings is 1. The van der Waals surface area contributed by atoms with E-state index in [4.69, 9.17) is 0 Å². The minimum absolute atomic E-state index is 0.0865. The smallest absolute Gasteiger partial charge is 0.340 e. The lowest BCUT2D eigenvalue weighted by Crippen LogP contribution is -2.44. The van der Waals surface area contributed by atoms with Crippen molar-refractivity contribution in [1.82, 2.24) is 20.1 Å². The molecule has 2 aromatic rings. The number of aromatic amines is 2. The highest BCUT2D eigenvalue weighted by Gasteiger charge is 2.56. The number of carbonyl (C=O) groups excluding carboxylic acids is 1. The van der Waals surface area contributed by atoms with Gasteiger partial charge in [0.05, 0.1) is 6.61 Å². The van der Waals surface area contributed by atoms with Gasteiger partial charge in [-0.3, -0.25) is 9.78 Å². The number of carbonyl (C=O) groups is 1. The molecule has 3 N–H and O–H groups in total. The monoisotopic (exact) mass is 356 g/mol. The van der Waals surface area contributed by atoms with E-state index in [0.29, 0.717) is 18.7 Å². The summed E-state index contributed by atoms with van der Waals surface area (Å²) < 4.78 is 0. The molecule has 0 unspecified atom stereocenters. The topological polar surface area (TPSA) is 102 Å². The van der Waals surface area contributed by atoms with Gasteiger partial charge < -0.3 is 10.0 Å². The molecule has 0 spiro atoms. The molecule has 0 aliphatic carbocycles. The lowest BCUT2D eigenvalue weighted by molar-refractivity contribution is -0.133. The summed E-state index contributed by atoms with van der Waals surface area (Å²) in [6, 6.07) is 10.5. The molecule has 4 rings (SSSR count). The number of fused-ring (bicyclic) bond motifs is 2. The van der Waals surface area contributed by atoms with E-state index in [1.807, 2.05) is 23.1 Å².